The van der Waals surface area contributed by atoms with Crippen molar-refractivity contribution in [3.63, 3.8) is 0 Å². The summed E-state index contributed by atoms with van der Waals surface area (Å²) in [4.78, 5) is 0. The zero-order valence-electron chi connectivity index (χ0n) is 44.9. The number of hydrogen-bond donors (Lipinski definition) is 14. The first-order valence-corrected chi connectivity index (χ1v) is 27.5. The Morgan fingerprint density at radius 1 is 0.545 bits per heavy atom. The van der Waals surface area contributed by atoms with E-state index in [9.17, 15) is 40.9 Å². The van der Waals surface area contributed by atoms with Gasteiger partial charge >= 0.3 is 0 Å². The first-order chi connectivity index (χ1) is 36.9. The van der Waals surface area contributed by atoms with E-state index in [4.69, 9.17) is 33.2 Å². The maximum Gasteiger partial charge on any atom is 0.249 e. The number of aliphatic hydroxyl groups excluding tert-OH is 4. The quantitative estimate of drug-likeness (QED) is 0.0726. The Morgan fingerprint density at radius 3 is 1.64 bits per heavy atom. The second-order valence-corrected chi connectivity index (χ2v) is 22.7. The molecular formula is C56H82N6O15. The Morgan fingerprint density at radius 2 is 1.06 bits per heavy atom. The average Bonchev–Trinajstić information content (AvgIpc) is 3.47. The van der Waals surface area contributed by atoms with Gasteiger partial charge in [-0.1, -0.05) is 54.6 Å². The monoisotopic (exact) mass is 1080 g/mol. The third-order valence-corrected chi connectivity index (χ3v) is 17.6. The number of aliphatic hydroxyl groups is 8. The van der Waals surface area contributed by atoms with Crippen LogP contribution in [-0.2, 0) is 67.3 Å². The van der Waals surface area contributed by atoms with Crippen LogP contribution in [0.15, 0.2) is 60.7 Å². The van der Waals surface area contributed by atoms with E-state index in [0.29, 0.717) is 26.1 Å². The molecule has 0 aromatic heterocycles. The minimum atomic E-state index is -2.34. The van der Waals surface area contributed by atoms with Crippen molar-refractivity contribution in [2.45, 2.75) is 199 Å². The van der Waals surface area contributed by atoms with Gasteiger partial charge in [0.25, 0.3) is 0 Å². The molecule has 0 bridgehead atoms. The predicted molar refractivity (Wildman–Crippen MR) is 279 cm³/mol. The Balaban J connectivity index is 0.738. The molecule has 4 aliphatic heterocycles. The van der Waals surface area contributed by atoms with Gasteiger partial charge in [-0.05, 0) is 112 Å². The Kier molecular flexibility index (Phi) is 16.9. The van der Waals surface area contributed by atoms with E-state index in [2.05, 4.69) is 38.0 Å². The first kappa shape index (κ1) is 56.9. The number of benzene rings is 3. The van der Waals surface area contributed by atoms with Gasteiger partial charge in [-0.15, -0.1) is 0 Å². The van der Waals surface area contributed by atoms with Crippen LogP contribution in [0, 0.1) is 0 Å². The second-order valence-electron chi connectivity index (χ2n) is 22.7. The maximum absolute atomic E-state index is 12.3. The lowest BCUT2D eigenvalue weighted by Gasteiger charge is -2.60. The molecular weight excluding hydrogens is 997 g/mol. The normalized spacial score (nSPS) is 41.6. The molecule has 21 nitrogen and oxygen atoms in total. The van der Waals surface area contributed by atoms with Gasteiger partial charge in [0.05, 0.1) is 55.7 Å². The van der Waals surface area contributed by atoms with Gasteiger partial charge in [0.1, 0.15) is 53.6 Å². The fraction of sp³-hybridized carbons (Fsp3) is 0.679. The van der Waals surface area contributed by atoms with Crippen LogP contribution in [-0.4, -0.2) is 203 Å². The number of likely N-dealkylation sites (N-methyl/N-ethyl adjacent to an activating group) is 3. The number of ether oxygens (including phenoxy) is 7. The van der Waals surface area contributed by atoms with Gasteiger partial charge in [0, 0.05) is 45.6 Å². The first-order valence-electron chi connectivity index (χ1n) is 27.5. The van der Waals surface area contributed by atoms with E-state index < -0.39 is 121 Å². The molecule has 6 unspecified atom stereocenters. The highest BCUT2D eigenvalue weighted by atomic mass is 16.8. The SMILES string of the molecule is CN[C@@H]1[C@H](O)[C@H](NC)C2O[C@]3(O)C(OC2[C@H]1O)O[C@H](C)C[C@@]3(O)CNCc1ccc(Cc2cccc(CN[C@@H]3[C@H](O)[C@H](NC)C4O[C@]5(O)C(OC4[C@H]3O)O[C@H](C)C[C@@]5(O)CNCc3ccc(OC)c4c3CCCC4)c2)cc1. The summed E-state index contributed by atoms with van der Waals surface area (Å²) >= 11 is 0. The summed E-state index contributed by atoms with van der Waals surface area (Å²) in [7, 11) is 6.62. The average molecular weight is 1080 g/mol. The molecule has 3 aromatic rings. The van der Waals surface area contributed by atoms with Crippen molar-refractivity contribution in [3.8, 4) is 5.75 Å². The third kappa shape index (κ3) is 10.5. The van der Waals surface area contributed by atoms with E-state index >= 15 is 0 Å². The molecule has 4 heterocycles. The van der Waals surface area contributed by atoms with Crippen LogP contribution in [0.1, 0.15) is 78.5 Å². The molecule has 77 heavy (non-hydrogen) atoms. The van der Waals surface area contributed by atoms with Gasteiger partial charge in [0.2, 0.25) is 24.2 Å². The van der Waals surface area contributed by atoms with Crippen LogP contribution < -0.4 is 36.6 Å². The van der Waals surface area contributed by atoms with Crippen molar-refractivity contribution >= 4 is 0 Å². The van der Waals surface area contributed by atoms with Gasteiger partial charge < -0.3 is 106 Å². The third-order valence-electron chi connectivity index (χ3n) is 17.6. The number of methoxy groups -OCH3 is 1. The molecule has 14 N–H and O–H groups in total. The minimum absolute atomic E-state index is 0.0258. The Bertz CT molecular complexity index is 2500. The van der Waals surface area contributed by atoms with Crippen molar-refractivity contribution < 1.29 is 74.0 Å². The van der Waals surface area contributed by atoms with Gasteiger partial charge in [0.15, 0.2) is 0 Å². The molecule has 6 fully saturated rings. The molecule has 0 spiro atoms. The van der Waals surface area contributed by atoms with E-state index in [1.165, 1.54) is 11.1 Å². The van der Waals surface area contributed by atoms with Crippen LogP contribution in [0.25, 0.3) is 0 Å². The van der Waals surface area contributed by atoms with Gasteiger partial charge in [-0.3, -0.25) is 0 Å². The molecule has 2 saturated carbocycles. The summed E-state index contributed by atoms with van der Waals surface area (Å²) in [5.74, 6) is -3.77. The number of nitrogens with one attached hydrogen (secondary N) is 6. The lowest BCUT2D eigenvalue weighted by molar-refractivity contribution is -0.482. The summed E-state index contributed by atoms with van der Waals surface area (Å²) in [5, 5.41) is 114. The molecule has 10 rings (SSSR count). The van der Waals surface area contributed by atoms with Crippen molar-refractivity contribution in [3.05, 3.63) is 99.6 Å². The molecule has 3 aromatic carbocycles. The summed E-state index contributed by atoms with van der Waals surface area (Å²) in [6, 6.07) is 16.9. The van der Waals surface area contributed by atoms with Crippen LogP contribution in [0.4, 0.5) is 0 Å². The highest BCUT2D eigenvalue weighted by Crippen LogP contribution is 2.48. The highest BCUT2D eigenvalue weighted by molar-refractivity contribution is 5.46. The molecule has 21 heteroatoms. The molecule has 0 amide bonds. The van der Waals surface area contributed by atoms with Gasteiger partial charge in [-0.2, -0.15) is 0 Å². The Labute approximate surface area is 450 Å². The summed E-state index contributed by atoms with van der Waals surface area (Å²) in [6.07, 6.45) is -7.94. The van der Waals surface area contributed by atoms with Gasteiger partial charge in [-0.25, -0.2) is 0 Å². The van der Waals surface area contributed by atoms with Crippen molar-refractivity contribution in [1.82, 2.24) is 31.9 Å². The van der Waals surface area contributed by atoms with E-state index in [-0.39, 0.29) is 25.9 Å². The standard InChI is InChI=1S/C56H82N6O15/c1-29-22-53(67,55(69)51(72-29)74-49-45(65)39(57-3)43(63)41(58-4)47(49)76-55)27-60-24-32-16-14-31(15-17-32)20-33-10-9-11-34(21-33)25-62-40-44(64)42(59-5)48-50(46(40)66)75-52-56(70,77-48)54(68,23-30(2)73-52)28-61-26-35-18-19-38(71-6)37-13-8-7-12-36(35)37/h9-11,14-19,21,29-30,39-52,57-70H,7-8,12-13,20,22-28H2,1-6H3/t29-,30-,39-,40-,41+,42+,43+,44+,45+,46+,47?,48?,49?,50?,51?,52?,53-,54-,55-,56-/m1/s1. The van der Waals surface area contributed by atoms with Crippen molar-refractivity contribution in [2.75, 3.05) is 41.3 Å². The molecule has 0 radical (unpaired) electrons. The molecule has 20 atom stereocenters. The highest BCUT2D eigenvalue weighted by Gasteiger charge is 2.70. The summed E-state index contributed by atoms with van der Waals surface area (Å²) < 4.78 is 43.0. The summed E-state index contributed by atoms with van der Waals surface area (Å²) in [6.45, 7) is 4.55. The van der Waals surface area contributed by atoms with E-state index in [1.54, 1.807) is 42.1 Å². The predicted octanol–water partition coefficient (Wildman–Crippen LogP) is -1.59. The second kappa shape index (κ2) is 22.9. The zero-order valence-corrected chi connectivity index (χ0v) is 44.9. The van der Waals surface area contributed by atoms with E-state index in [0.717, 1.165) is 59.3 Å². The number of hydrogen-bond acceptors (Lipinski definition) is 21. The molecule has 7 aliphatic rings. The van der Waals surface area contributed by atoms with Crippen LogP contribution >= 0.6 is 0 Å². The largest absolute Gasteiger partial charge is 0.496 e. The smallest absolute Gasteiger partial charge is 0.249 e. The minimum Gasteiger partial charge on any atom is -0.496 e. The van der Waals surface area contributed by atoms with Crippen molar-refractivity contribution in [1.29, 1.82) is 0 Å². The lowest BCUT2D eigenvalue weighted by Crippen LogP contribution is -2.81. The van der Waals surface area contributed by atoms with Crippen LogP contribution in [0.3, 0.4) is 0 Å². The van der Waals surface area contributed by atoms with Crippen LogP contribution in [0.5, 0.6) is 5.75 Å². The van der Waals surface area contributed by atoms with Crippen molar-refractivity contribution in [2.24, 2.45) is 0 Å². The van der Waals surface area contributed by atoms with Crippen LogP contribution in [0.2, 0.25) is 0 Å². The Hall–Kier alpha value is -3.34. The zero-order chi connectivity index (χ0) is 54.6. The molecule has 3 aliphatic carbocycles. The van der Waals surface area contributed by atoms with E-state index in [1.807, 2.05) is 54.6 Å². The molecule has 4 saturated heterocycles. The number of fused-ring (bicyclic) bond motifs is 5. The molecule has 426 valence electrons. The lowest BCUT2D eigenvalue weighted by atomic mass is 9.77. The fourth-order valence-corrected chi connectivity index (χ4v) is 13.5. The number of rotatable bonds is 17. The summed E-state index contributed by atoms with van der Waals surface area (Å²) in [5.41, 5.74) is 3.81. The maximum atomic E-state index is 12.3. The topological polar surface area (TPSA) is 299 Å². The fourth-order valence-electron chi connectivity index (χ4n) is 13.5.